The molecule has 0 saturated carbocycles. The molecule has 0 saturated heterocycles. The van der Waals surface area contributed by atoms with Gasteiger partial charge in [-0.05, 0) is 101 Å². The maximum atomic E-state index is 14.6. The van der Waals surface area contributed by atoms with Crippen LogP contribution >= 0.6 is 0 Å². The summed E-state index contributed by atoms with van der Waals surface area (Å²) in [4.78, 5) is 139. The van der Waals surface area contributed by atoms with Gasteiger partial charge in [-0.2, -0.15) is 0 Å². The second-order valence-electron chi connectivity index (χ2n) is 38.0. The lowest BCUT2D eigenvalue weighted by atomic mass is 9.69. The Balaban J connectivity index is 0.652. The van der Waals surface area contributed by atoms with Crippen LogP contribution in [0.4, 0.5) is 0 Å². The van der Waals surface area contributed by atoms with Gasteiger partial charge in [-0.3, -0.25) is 47.9 Å². The van der Waals surface area contributed by atoms with E-state index < -0.39 is 128 Å². The SMILES string of the molecule is CC(=O)N[C@@H](C)C(=O)N[C@@H](Cc1cn(CC(c2ccccc2)(c2ccccc2)c2ccccc2)cn1)C(=O)NCC(=O)OCCc1ccc(COCC(COCc2ccc(CCOC(=O)CNC(=O)[C@H](COC(c3ccccc3)(c3ccccc3)c3ccccc3)NC(=O)[C@H](Cc3ccccc3)NC(C)=O)cc2)(COCc2ccc(CCO[Si](c3ccccc3)(c3ccccc3)C(C)(C)C)cc2)COC(=O)CCC(N)=O)cc1. The molecule has 28 heteroatoms. The van der Waals surface area contributed by atoms with Crippen LogP contribution in [-0.4, -0.2) is 167 Å². The van der Waals surface area contributed by atoms with Crippen LogP contribution in [0.1, 0.15) is 132 Å². The number of carbonyl (C=O) groups is 10. The van der Waals surface area contributed by atoms with Gasteiger partial charge in [0.2, 0.25) is 41.4 Å². The molecule has 148 heavy (non-hydrogen) atoms. The smallest absolute Gasteiger partial charge is 0.325 e. The highest BCUT2D eigenvalue weighted by Gasteiger charge is 2.50. The van der Waals surface area contributed by atoms with Crippen molar-refractivity contribution in [3.05, 3.63) is 436 Å². The van der Waals surface area contributed by atoms with Gasteiger partial charge in [0.15, 0.2) is 0 Å². The lowest BCUT2D eigenvalue weighted by molar-refractivity contribution is -0.158. The summed E-state index contributed by atoms with van der Waals surface area (Å²) in [6.07, 6.45) is 4.32. The van der Waals surface area contributed by atoms with E-state index in [9.17, 15) is 47.9 Å². The van der Waals surface area contributed by atoms with Crippen LogP contribution in [0, 0.1) is 5.41 Å². The highest BCUT2D eigenvalue weighted by atomic mass is 28.4. The number of hydrogen-bond donors (Lipinski definition) is 7. The molecule has 0 aliphatic rings. The molecule has 5 atom stereocenters. The Morgan fingerprint density at radius 3 is 1.14 bits per heavy atom. The monoisotopic (exact) mass is 2010 g/mol. The molecule has 0 radical (unpaired) electrons. The topological polar surface area (TPSA) is 361 Å². The van der Waals surface area contributed by atoms with Crippen LogP contribution in [0.25, 0.3) is 0 Å². The lowest BCUT2D eigenvalue weighted by Crippen LogP contribution is -2.66. The van der Waals surface area contributed by atoms with E-state index in [0.29, 0.717) is 31.7 Å². The van der Waals surface area contributed by atoms with E-state index in [4.69, 9.17) is 48.3 Å². The van der Waals surface area contributed by atoms with E-state index in [1.54, 1.807) is 6.33 Å². The quantitative estimate of drug-likeness (QED) is 0.00805. The summed E-state index contributed by atoms with van der Waals surface area (Å²) in [5.41, 5.74) is 14.1. The summed E-state index contributed by atoms with van der Waals surface area (Å²) >= 11 is 0. The first-order valence-electron chi connectivity index (χ1n) is 49.9. The van der Waals surface area contributed by atoms with Gasteiger partial charge in [-0.15, -0.1) is 0 Å². The van der Waals surface area contributed by atoms with Gasteiger partial charge in [0.25, 0.3) is 8.32 Å². The van der Waals surface area contributed by atoms with E-state index in [-0.39, 0.29) is 96.6 Å². The Morgan fingerprint density at radius 2 is 0.736 bits per heavy atom. The summed E-state index contributed by atoms with van der Waals surface area (Å²) in [5, 5.41) is 18.4. The largest absolute Gasteiger partial charge is 0.465 e. The zero-order valence-electron chi connectivity index (χ0n) is 84.5. The van der Waals surface area contributed by atoms with Gasteiger partial charge >= 0.3 is 17.9 Å². The van der Waals surface area contributed by atoms with Gasteiger partial charge in [0.05, 0.1) is 88.7 Å². The standard InChI is InChI=1S/C120H131N9O18Si/c1-87(125-88(2)130)113(136)127-107(73-103-76-129(86-124-103)81-119(97-36-18-8-19-37-97,98-38-20-9-21-39-98)99-40-22-10-23-41-99)114(137)122-74-111(134)143-69-66-90-52-58-94(59-53-90)77-140-82-118(85-145-110(133)65-64-109(121)132,84-142-79-96-62-56-92(57-63-96)68-71-147-148(117(4,5)6,104-48-30-14-31-49-104)105-50-32-15-33-51-105)83-141-78-95-60-54-91(55-61-95)67-70-144-112(135)75-123-115(138)108(128-116(139)106(126-89(3)131)72-93-34-16-7-17-35-93)80-146-120(100-42-24-11-25-43-100,101-44-26-12-27-45-101)102-46-28-13-29-47-102/h7-63,76,86-87,106-108H,64-75,77-85H2,1-6H3,(H2,121,132)(H,122,137)(H,123,138)(H,125,130)(H,126,131)(H,127,136)(H,128,139)/t87-,106-,107-,108-,118?/m0/s1. The molecule has 1 heterocycles. The fourth-order valence-electron chi connectivity index (χ4n) is 18.3. The van der Waals surface area contributed by atoms with Crippen LogP contribution in [0.3, 0.4) is 0 Å². The van der Waals surface area contributed by atoms with E-state index in [1.165, 1.54) is 31.1 Å². The number of primary amides is 1. The van der Waals surface area contributed by atoms with Crippen LogP contribution in [-0.2, 0) is 155 Å². The van der Waals surface area contributed by atoms with Crippen LogP contribution < -0.4 is 48.0 Å². The Hall–Kier alpha value is -15.4. The van der Waals surface area contributed by atoms with Gasteiger partial charge < -0.3 is 79.8 Å². The molecule has 0 fully saturated rings. The van der Waals surface area contributed by atoms with Crippen molar-refractivity contribution in [1.82, 2.24) is 41.5 Å². The third-order valence-corrected chi connectivity index (χ3v) is 30.9. The number of ether oxygens (including phenoxy) is 7. The normalized spacial score (nSPS) is 12.8. The van der Waals surface area contributed by atoms with Gasteiger partial charge in [-0.25, -0.2) is 4.98 Å². The fraction of sp³-hybridized carbons (Fsp3) is 0.292. The minimum Gasteiger partial charge on any atom is -0.465 e. The summed E-state index contributed by atoms with van der Waals surface area (Å²) in [7, 11) is -2.80. The maximum Gasteiger partial charge on any atom is 0.325 e. The van der Waals surface area contributed by atoms with Crippen molar-refractivity contribution in [3.63, 3.8) is 0 Å². The molecule has 1 unspecified atom stereocenters. The third-order valence-electron chi connectivity index (χ3n) is 25.8. The van der Waals surface area contributed by atoms with Crippen LogP contribution in [0.2, 0.25) is 5.04 Å². The predicted molar refractivity (Wildman–Crippen MR) is 568 cm³/mol. The number of imidazole rings is 1. The lowest BCUT2D eigenvalue weighted by Gasteiger charge is -2.43. The van der Waals surface area contributed by atoms with Crippen molar-refractivity contribution >= 4 is 77.9 Å². The maximum absolute atomic E-state index is 14.6. The first kappa shape index (κ1) is 110. The molecule has 8 N–H and O–H groups in total. The number of nitrogens with one attached hydrogen (secondary N) is 6. The molecule has 7 amide bonds. The summed E-state index contributed by atoms with van der Waals surface area (Å²) in [5.74, 6) is -6.42. The second-order valence-corrected chi connectivity index (χ2v) is 42.3. The molecule has 0 bridgehead atoms. The Labute approximate surface area is 866 Å². The van der Waals surface area contributed by atoms with Crippen molar-refractivity contribution in [1.29, 1.82) is 0 Å². The molecular formula is C120H131N9O18Si. The number of nitrogens with zero attached hydrogens (tertiary/aromatic N) is 2. The van der Waals surface area contributed by atoms with Crippen molar-refractivity contribution < 1.29 is 85.5 Å². The molecule has 1 aromatic heterocycles. The Morgan fingerprint density at radius 1 is 0.372 bits per heavy atom. The third kappa shape index (κ3) is 31.3. The molecular weight excluding hydrogens is 1880 g/mol. The van der Waals surface area contributed by atoms with E-state index >= 15 is 0 Å². The first-order valence-corrected chi connectivity index (χ1v) is 51.8. The van der Waals surface area contributed by atoms with Gasteiger partial charge in [-0.1, -0.05) is 367 Å². The molecule has 13 rings (SSSR count). The highest BCUT2D eigenvalue weighted by molar-refractivity contribution is 6.99. The zero-order valence-corrected chi connectivity index (χ0v) is 85.5. The number of benzene rings is 12. The molecule has 0 aliphatic heterocycles. The number of esters is 3. The number of amides is 7. The highest BCUT2D eigenvalue weighted by Crippen LogP contribution is 2.44. The minimum absolute atomic E-state index is 0.0301. The first-order chi connectivity index (χ1) is 71.7. The summed E-state index contributed by atoms with van der Waals surface area (Å²) in [6, 6.07) is 108. The minimum atomic E-state index is -2.80. The second kappa shape index (κ2) is 54.7. The van der Waals surface area contributed by atoms with Crippen LogP contribution in [0.15, 0.2) is 358 Å². The predicted octanol–water partition coefficient (Wildman–Crippen LogP) is 13.7. The molecule has 12 aromatic carbocycles. The van der Waals surface area contributed by atoms with Crippen LogP contribution in [0.5, 0.6) is 0 Å². The van der Waals surface area contributed by atoms with Crippen molar-refractivity contribution in [3.8, 4) is 0 Å². The van der Waals surface area contributed by atoms with Gasteiger partial charge in [0, 0.05) is 65.3 Å². The van der Waals surface area contributed by atoms with Crippen molar-refractivity contribution in [2.75, 3.05) is 65.9 Å². The summed E-state index contributed by atoms with van der Waals surface area (Å²) < 4.78 is 53.4. The molecule has 27 nitrogen and oxygen atoms in total. The average molecular weight is 2020 g/mol. The average Bonchev–Trinajstić information content (AvgIpc) is 1.51. The van der Waals surface area contributed by atoms with E-state index in [1.807, 2.05) is 259 Å². The number of aromatic nitrogens is 2. The molecule has 0 aliphatic carbocycles. The van der Waals surface area contributed by atoms with E-state index in [2.05, 4.69) is 150 Å². The Kier molecular flexibility index (Phi) is 40.6. The van der Waals surface area contributed by atoms with Gasteiger partial charge in [0.1, 0.15) is 49.5 Å². The molecule has 13 aromatic rings. The fourth-order valence-corrected chi connectivity index (χ4v) is 22.9. The van der Waals surface area contributed by atoms with Crippen molar-refractivity contribution in [2.45, 2.75) is 153 Å². The number of rotatable bonds is 56. The molecule has 0 spiro atoms. The Bertz CT molecular complexity index is 6190. The summed E-state index contributed by atoms with van der Waals surface area (Å²) in [6.45, 7) is 10.1. The van der Waals surface area contributed by atoms with E-state index in [0.717, 1.165) is 72.3 Å². The number of nitrogens with two attached hydrogens (primary N) is 1. The van der Waals surface area contributed by atoms with Crippen molar-refractivity contribution in [2.24, 2.45) is 11.1 Å². The molecule has 768 valence electrons. The number of carbonyl (C=O) groups excluding carboxylic acids is 10. The zero-order chi connectivity index (χ0) is 105. The number of hydrogen-bond acceptors (Lipinski definition) is 19.